The number of nitrogens with zero attached hydrogens (tertiary/aromatic N) is 1. The summed E-state index contributed by atoms with van der Waals surface area (Å²) in [6.45, 7) is 0.218. The van der Waals surface area contributed by atoms with Crippen LogP contribution in [-0.4, -0.2) is 42.8 Å². The predicted octanol–water partition coefficient (Wildman–Crippen LogP) is 0.393. The molecule has 0 fully saturated rings. The van der Waals surface area contributed by atoms with Gasteiger partial charge in [0.15, 0.2) is 0 Å². The van der Waals surface area contributed by atoms with E-state index < -0.39 is 18.1 Å². The van der Waals surface area contributed by atoms with Gasteiger partial charge in [-0.15, -0.1) is 0 Å². The van der Waals surface area contributed by atoms with Gasteiger partial charge in [0.1, 0.15) is 6.04 Å². The molecule has 0 bridgehead atoms. The monoisotopic (exact) mass is 278 g/mol. The van der Waals surface area contributed by atoms with Gasteiger partial charge in [0.25, 0.3) is 0 Å². The van der Waals surface area contributed by atoms with Gasteiger partial charge >= 0.3 is 5.97 Å². The normalized spacial score (nSPS) is 18.7. The maximum atomic E-state index is 12.4. The third-order valence-electron chi connectivity index (χ3n) is 3.53. The van der Waals surface area contributed by atoms with E-state index in [1.165, 1.54) is 12.0 Å². The van der Waals surface area contributed by atoms with Crippen molar-refractivity contribution in [3.8, 4) is 0 Å². The lowest BCUT2D eigenvalue weighted by atomic mass is 10.1. The fourth-order valence-electron chi connectivity index (χ4n) is 2.45. The third kappa shape index (κ3) is 2.66. The average molecular weight is 278 g/mol. The molecule has 20 heavy (non-hydrogen) atoms. The Labute approximate surface area is 117 Å². The molecule has 0 aromatic heterocycles. The Kier molecular flexibility index (Phi) is 4.36. The molecule has 0 saturated heterocycles. The molecule has 1 aliphatic rings. The summed E-state index contributed by atoms with van der Waals surface area (Å²) in [6, 6.07) is 6.38. The first-order chi connectivity index (χ1) is 9.58. The number of hydrogen-bond acceptors (Lipinski definition) is 4. The van der Waals surface area contributed by atoms with E-state index >= 15 is 0 Å². The van der Waals surface area contributed by atoms with Gasteiger partial charge in [0, 0.05) is 25.8 Å². The van der Waals surface area contributed by atoms with E-state index in [0.717, 1.165) is 5.56 Å². The summed E-state index contributed by atoms with van der Waals surface area (Å²) in [5.41, 5.74) is 7.04. The minimum atomic E-state index is -1.00. The van der Waals surface area contributed by atoms with Crippen LogP contribution in [0.15, 0.2) is 24.3 Å². The Morgan fingerprint density at radius 1 is 1.50 bits per heavy atom. The van der Waals surface area contributed by atoms with Gasteiger partial charge in [-0.05, 0) is 11.6 Å². The molecule has 0 aliphatic carbocycles. The minimum absolute atomic E-state index is 0.0745. The largest absolute Gasteiger partial charge is 0.480 e. The van der Waals surface area contributed by atoms with Gasteiger partial charge in [-0.1, -0.05) is 18.2 Å². The number of methoxy groups -OCH3 is 1. The molecule has 3 N–H and O–H groups in total. The lowest BCUT2D eigenvalue weighted by Gasteiger charge is -2.24. The molecular weight excluding hydrogens is 260 g/mol. The van der Waals surface area contributed by atoms with E-state index in [9.17, 15) is 14.7 Å². The van der Waals surface area contributed by atoms with Crippen LogP contribution in [0.3, 0.4) is 0 Å². The minimum Gasteiger partial charge on any atom is -0.480 e. The van der Waals surface area contributed by atoms with Crippen molar-refractivity contribution in [1.82, 2.24) is 0 Å². The lowest BCUT2D eigenvalue weighted by molar-refractivity contribution is -0.140. The van der Waals surface area contributed by atoms with Crippen molar-refractivity contribution in [1.29, 1.82) is 0 Å². The van der Waals surface area contributed by atoms with Crippen LogP contribution in [0.5, 0.6) is 0 Å². The molecule has 1 aromatic carbocycles. The smallest absolute Gasteiger partial charge is 0.327 e. The fraction of sp³-hybridized carbons (Fsp3) is 0.429. The molecule has 1 amide bonds. The van der Waals surface area contributed by atoms with Crippen LogP contribution in [-0.2, 0) is 20.7 Å². The highest BCUT2D eigenvalue weighted by molar-refractivity contribution is 6.02. The Hall–Kier alpha value is -1.92. The van der Waals surface area contributed by atoms with Crippen LogP contribution >= 0.6 is 0 Å². The van der Waals surface area contributed by atoms with Crippen molar-refractivity contribution >= 4 is 17.6 Å². The molecule has 0 radical (unpaired) electrons. The van der Waals surface area contributed by atoms with Crippen LogP contribution in [0.4, 0.5) is 5.69 Å². The van der Waals surface area contributed by atoms with Crippen LogP contribution < -0.4 is 10.6 Å². The Morgan fingerprint density at radius 3 is 2.80 bits per heavy atom. The van der Waals surface area contributed by atoms with Gasteiger partial charge in [0.2, 0.25) is 5.91 Å². The number of nitrogens with two attached hydrogens (primary N) is 1. The molecule has 1 heterocycles. The van der Waals surface area contributed by atoms with Crippen LogP contribution in [0.25, 0.3) is 0 Å². The number of para-hydroxylation sites is 1. The topological polar surface area (TPSA) is 92.9 Å². The van der Waals surface area contributed by atoms with Crippen molar-refractivity contribution < 1.29 is 19.4 Å². The second-order valence-electron chi connectivity index (χ2n) is 4.75. The predicted molar refractivity (Wildman–Crippen MR) is 73.5 cm³/mol. The number of anilines is 1. The molecule has 0 spiro atoms. The van der Waals surface area contributed by atoms with E-state index in [0.29, 0.717) is 12.1 Å². The number of carbonyl (C=O) groups excluding carboxylic acids is 1. The summed E-state index contributed by atoms with van der Waals surface area (Å²) in [6.07, 6.45) is 0.00697. The molecule has 2 rings (SSSR count). The summed E-state index contributed by atoms with van der Waals surface area (Å²) >= 11 is 0. The Morgan fingerprint density at radius 2 is 2.20 bits per heavy atom. The first kappa shape index (κ1) is 14.5. The fourth-order valence-corrected chi connectivity index (χ4v) is 2.45. The zero-order valence-electron chi connectivity index (χ0n) is 11.3. The highest BCUT2D eigenvalue weighted by atomic mass is 16.5. The molecule has 0 saturated carbocycles. The second kappa shape index (κ2) is 6.02. The van der Waals surface area contributed by atoms with Crippen molar-refractivity contribution in [3.05, 3.63) is 29.8 Å². The second-order valence-corrected chi connectivity index (χ2v) is 4.75. The van der Waals surface area contributed by atoms with Crippen LogP contribution in [0, 0.1) is 0 Å². The summed E-state index contributed by atoms with van der Waals surface area (Å²) < 4.78 is 5.09. The van der Waals surface area contributed by atoms with E-state index in [1.54, 1.807) is 12.1 Å². The summed E-state index contributed by atoms with van der Waals surface area (Å²) in [5.74, 6) is -1.28. The number of carboxylic acid groups (broad SMARTS) is 1. The number of amides is 1. The van der Waals surface area contributed by atoms with Gasteiger partial charge in [-0.3, -0.25) is 9.69 Å². The molecule has 6 nitrogen and oxygen atoms in total. The highest BCUT2D eigenvalue weighted by Crippen LogP contribution is 2.32. The standard InChI is InChI=1S/C14H18N2O4/c1-20-10(8-15)7-13(17)16-11-5-3-2-4-9(11)6-12(16)14(18)19/h2-5,10,12H,6-8,15H2,1H3,(H,18,19)/t10?,12-/m0/s1. The van der Waals surface area contributed by atoms with Crippen molar-refractivity contribution in [2.24, 2.45) is 5.73 Å². The molecule has 2 atom stereocenters. The van der Waals surface area contributed by atoms with Gasteiger partial charge in [0.05, 0.1) is 12.5 Å². The molecule has 1 unspecified atom stereocenters. The van der Waals surface area contributed by atoms with Crippen molar-refractivity contribution in [3.63, 3.8) is 0 Å². The molecule has 1 aromatic rings. The SMILES string of the molecule is COC(CN)CC(=O)N1c2ccccc2C[C@H]1C(=O)O. The number of rotatable bonds is 5. The number of hydrogen-bond donors (Lipinski definition) is 2. The van der Waals surface area contributed by atoms with Crippen molar-refractivity contribution in [2.45, 2.75) is 25.0 Å². The highest BCUT2D eigenvalue weighted by Gasteiger charge is 2.38. The number of ether oxygens (including phenoxy) is 1. The zero-order valence-corrected chi connectivity index (χ0v) is 11.3. The van der Waals surface area contributed by atoms with Crippen LogP contribution in [0.1, 0.15) is 12.0 Å². The van der Waals surface area contributed by atoms with Gasteiger partial charge in [-0.2, -0.15) is 0 Å². The maximum absolute atomic E-state index is 12.4. The molecule has 6 heteroatoms. The van der Waals surface area contributed by atoms with Gasteiger partial charge < -0.3 is 15.6 Å². The molecule has 1 aliphatic heterocycles. The Balaban J connectivity index is 2.26. The van der Waals surface area contributed by atoms with E-state index in [2.05, 4.69) is 0 Å². The quantitative estimate of drug-likeness (QED) is 0.813. The average Bonchev–Trinajstić information content (AvgIpc) is 2.84. The lowest BCUT2D eigenvalue weighted by Crippen LogP contribution is -2.44. The van der Waals surface area contributed by atoms with E-state index in [-0.39, 0.29) is 18.9 Å². The number of benzene rings is 1. The third-order valence-corrected chi connectivity index (χ3v) is 3.53. The number of carbonyl (C=O) groups is 2. The van der Waals surface area contributed by atoms with Gasteiger partial charge in [-0.25, -0.2) is 4.79 Å². The number of aliphatic carboxylic acids is 1. The van der Waals surface area contributed by atoms with E-state index in [1.807, 2.05) is 12.1 Å². The summed E-state index contributed by atoms with van der Waals surface area (Å²) in [4.78, 5) is 25.1. The Bertz CT molecular complexity index is 514. The van der Waals surface area contributed by atoms with Crippen LogP contribution in [0.2, 0.25) is 0 Å². The van der Waals surface area contributed by atoms with E-state index in [4.69, 9.17) is 10.5 Å². The summed E-state index contributed by atoms with van der Waals surface area (Å²) in [5, 5.41) is 9.30. The number of carboxylic acids is 1. The summed E-state index contributed by atoms with van der Waals surface area (Å²) in [7, 11) is 1.48. The first-order valence-electron chi connectivity index (χ1n) is 6.44. The molecule has 108 valence electrons. The maximum Gasteiger partial charge on any atom is 0.327 e. The first-order valence-corrected chi connectivity index (χ1v) is 6.44. The zero-order chi connectivity index (χ0) is 14.7. The van der Waals surface area contributed by atoms with Crippen molar-refractivity contribution in [2.75, 3.05) is 18.6 Å². The number of fused-ring (bicyclic) bond motifs is 1. The molecular formula is C14H18N2O4.